The van der Waals surface area contributed by atoms with E-state index in [4.69, 9.17) is 16.3 Å². The Hall–Kier alpha value is -0.680. The van der Waals surface area contributed by atoms with Gasteiger partial charge in [0.15, 0.2) is 0 Å². The Labute approximate surface area is 124 Å². The minimum Gasteiger partial charge on any atom is -0.395 e. The monoisotopic (exact) mass is 301 g/mol. The van der Waals surface area contributed by atoms with Gasteiger partial charge in [0.25, 0.3) is 0 Å². The summed E-state index contributed by atoms with van der Waals surface area (Å²) in [6.07, 6.45) is 2.65. The van der Waals surface area contributed by atoms with Gasteiger partial charge in [-0.05, 0) is 43.0 Å². The number of hydrogen-bond donors (Lipinski definition) is 1. The lowest BCUT2D eigenvalue weighted by molar-refractivity contribution is -0.00879. The third-order valence-corrected chi connectivity index (χ3v) is 4.23. The van der Waals surface area contributed by atoms with E-state index < -0.39 is 0 Å². The molecule has 0 unspecified atom stereocenters. The normalized spacial score (nSPS) is 24.0. The Morgan fingerprint density at radius 3 is 2.95 bits per heavy atom. The lowest BCUT2D eigenvalue weighted by Gasteiger charge is -2.38. The second-order valence-corrected chi connectivity index (χ2v) is 5.69. The number of aliphatic hydroxyl groups is 1. The standard InChI is InChI=1S/C15H21ClFNO2/c1-20-14-4-3-13(10-19)18(9-14)7-6-11-8-12(16)2-5-15(11)17/h2,5,8,13-14,19H,3-4,6-7,9-10H2,1H3/t13-,14-/m1/s1. The highest BCUT2D eigenvalue weighted by molar-refractivity contribution is 6.30. The van der Waals surface area contributed by atoms with E-state index in [-0.39, 0.29) is 24.6 Å². The van der Waals surface area contributed by atoms with Crippen molar-refractivity contribution in [3.8, 4) is 0 Å². The van der Waals surface area contributed by atoms with Gasteiger partial charge in [-0.3, -0.25) is 4.90 Å². The average molecular weight is 302 g/mol. The summed E-state index contributed by atoms with van der Waals surface area (Å²) in [5, 5.41) is 9.99. The van der Waals surface area contributed by atoms with Crippen LogP contribution in [0.5, 0.6) is 0 Å². The number of benzene rings is 1. The first-order chi connectivity index (χ1) is 9.63. The maximum Gasteiger partial charge on any atom is 0.126 e. The fourth-order valence-electron chi connectivity index (χ4n) is 2.73. The molecule has 1 aromatic carbocycles. The molecule has 3 nitrogen and oxygen atoms in total. The van der Waals surface area contributed by atoms with Crippen molar-refractivity contribution in [2.24, 2.45) is 0 Å². The van der Waals surface area contributed by atoms with Crippen LogP contribution in [-0.4, -0.2) is 49.0 Å². The lowest BCUT2D eigenvalue weighted by atomic mass is 9.99. The molecular weight excluding hydrogens is 281 g/mol. The number of likely N-dealkylation sites (tertiary alicyclic amines) is 1. The van der Waals surface area contributed by atoms with E-state index in [0.717, 1.165) is 19.4 Å². The summed E-state index contributed by atoms with van der Waals surface area (Å²) in [5.74, 6) is -0.227. The summed E-state index contributed by atoms with van der Waals surface area (Å²) >= 11 is 5.90. The Balaban J connectivity index is 1.98. The maximum atomic E-state index is 13.7. The fraction of sp³-hybridized carbons (Fsp3) is 0.600. The fourth-order valence-corrected chi connectivity index (χ4v) is 2.93. The van der Waals surface area contributed by atoms with Gasteiger partial charge in [0.05, 0.1) is 12.7 Å². The van der Waals surface area contributed by atoms with Gasteiger partial charge in [-0.25, -0.2) is 4.39 Å². The van der Waals surface area contributed by atoms with Crippen LogP contribution in [0.25, 0.3) is 0 Å². The Kier molecular flexibility index (Phi) is 5.78. The Morgan fingerprint density at radius 2 is 2.25 bits per heavy atom. The predicted molar refractivity (Wildman–Crippen MR) is 77.6 cm³/mol. The van der Waals surface area contributed by atoms with Gasteiger partial charge in [0.2, 0.25) is 0 Å². The number of hydrogen-bond acceptors (Lipinski definition) is 3. The number of halogens is 2. The molecule has 0 saturated carbocycles. The minimum absolute atomic E-state index is 0.133. The van der Waals surface area contributed by atoms with Gasteiger partial charge < -0.3 is 9.84 Å². The molecule has 1 aliphatic heterocycles. The molecule has 2 atom stereocenters. The molecule has 0 aromatic heterocycles. The predicted octanol–water partition coefficient (Wildman–Crippen LogP) is 2.49. The first-order valence-electron chi connectivity index (χ1n) is 6.95. The minimum atomic E-state index is -0.227. The summed E-state index contributed by atoms with van der Waals surface area (Å²) in [4.78, 5) is 2.18. The van der Waals surface area contributed by atoms with Crippen molar-refractivity contribution in [2.75, 3.05) is 26.8 Å². The molecule has 0 amide bonds. The molecular formula is C15H21ClFNO2. The molecule has 1 aromatic rings. The third-order valence-electron chi connectivity index (χ3n) is 4.00. The molecule has 2 rings (SSSR count). The number of methoxy groups -OCH3 is 1. The lowest BCUT2D eigenvalue weighted by Crippen LogP contribution is -2.48. The Morgan fingerprint density at radius 1 is 1.45 bits per heavy atom. The van der Waals surface area contributed by atoms with Gasteiger partial charge in [-0.2, -0.15) is 0 Å². The van der Waals surface area contributed by atoms with Gasteiger partial charge in [0.1, 0.15) is 5.82 Å². The summed E-state index contributed by atoms with van der Waals surface area (Å²) in [7, 11) is 1.71. The van der Waals surface area contributed by atoms with Crippen molar-refractivity contribution in [1.82, 2.24) is 4.90 Å². The molecule has 1 aliphatic rings. The summed E-state index contributed by atoms with van der Waals surface area (Å²) in [5.41, 5.74) is 0.619. The van der Waals surface area contributed by atoms with E-state index in [1.165, 1.54) is 6.07 Å². The van der Waals surface area contributed by atoms with Crippen molar-refractivity contribution in [3.63, 3.8) is 0 Å². The van der Waals surface area contributed by atoms with Crippen LogP contribution in [-0.2, 0) is 11.2 Å². The molecule has 1 heterocycles. The quantitative estimate of drug-likeness (QED) is 0.907. The van der Waals surface area contributed by atoms with Crippen LogP contribution in [0.2, 0.25) is 5.02 Å². The number of piperidine rings is 1. The van der Waals surface area contributed by atoms with Gasteiger partial charge in [-0.1, -0.05) is 11.6 Å². The largest absolute Gasteiger partial charge is 0.395 e. The number of aliphatic hydroxyl groups excluding tert-OH is 1. The number of ether oxygens (including phenoxy) is 1. The molecule has 1 saturated heterocycles. The number of nitrogens with zero attached hydrogens (tertiary/aromatic N) is 1. The zero-order valence-electron chi connectivity index (χ0n) is 11.7. The first kappa shape index (κ1) is 15.7. The molecule has 5 heteroatoms. The summed E-state index contributed by atoms with van der Waals surface area (Å²) < 4.78 is 19.1. The molecule has 112 valence electrons. The molecule has 0 bridgehead atoms. The first-order valence-corrected chi connectivity index (χ1v) is 7.33. The molecule has 1 N–H and O–H groups in total. The van der Waals surface area contributed by atoms with Crippen LogP contribution < -0.4 is 0 Å². The average Bonchev–Trinajstić information content (AvgIpc) is 2.47. The highest BCUT2D eigenvalue weighted by Crippen LogP contribution is 2.21. The second-order valence-electron chi connectivity index (χ2n) is 5.25. The number of rotatable bonds is 5. The highest BCUT2D eigenvalue weighted by atomic mass is 35.5. The van der Waals surface area contributed by atoms with Crippen molar-refractivity contribution in [1.29, 1.82) is 0 Å². The third kappa shape index (κ3) is 3.92. The van der Waals surface area contributed by atoms with E-state index in [9.17, 15) is 9.50 Å². The molecule has 1 fully saturated rings. The van der Waals surface area contributed by atoms with Gasteiger partial charge >= 0.3 is 0 Å². The van der Waals surface area contributed by atoms with Crippen molar-refractivity contribution >= 4 is 11.6 Å². The van der Waals surface area contributed by atoms with Crippen molar-refractivity contribution < 1.29 is 14.2 Å². The maximum absolute atomic E-state index is 13.7. The van der Waals surface area contributed by atoms with Crippen LogP contribution in [0.3, 0.4) is 0 Å². The van der Waals surface area contributed by atoms with Crippen molar-refractivity contribution in [2.45, 2.75) is 31.4 Å². The van der Waals surface area contributed by atoms with Crippen LogP contribution in [0, 0.1) is 5.82 Å². The van der Waals surface area contributed by atoms with E-state index in [1.54, 1.807) is 19.2 Å². The molecule has 0 aliphatic carbocycles. The van der Waals surface area contributed by atoms with E-state index in [1.807, 2.05) is 0 Å². The molecule has 20 heavy (non-hydrogen) atoms. The van der Waals surface area contributed by atoms with Crippen LogP contribution in [0.1, 0.15) is 18.4 Å². The van der Waals surface area contributed by atoms with Gasteiger partial charge in [0, 0.05) is 31.3 Å². The van der Waals surface area contributed by atoms with E-state index in [0.29, 0.717) is 23.6 Å². The van der Waals surface area contributed by atoms with Crippen LogP contribution in [0.4, 0.5) is 4.39 Å². The second kappa shape index (κ2) is 7.36. The molecule has 0 spiro atoms. The van der Waals surface area contributed by atoms with Crippen LogP contribution in [0.15, 0.2) is 18.2 Å². The zero-order chi connectivity index (χ0) is 14.5. The zero-order valence-corrected chi connectivity index (χ0v) is 12.4. The topological polar surface area (TPSA) is 32.7 Å². The highest BCUT2D eigenvalue weighted by Gasteiger charge is 2.27. The SMILES string of the molecule is CO[C@@H]1CC[C@H](CO)N(CCc2cc(Cl)ccc2F)C1. The van der Waals surface area contributed by atoms with Crippen molar-refractivity contribution in [3.05, 3.63) is 34.6 Å². The van der Waals surface area contributed by atoms with E-state index in [2.05, 4.69) is 4.90 Å². The summed E-state index contributed by atoms with van der Waals surface area (Å²) in [6, 6.07) is 4.76. The smallest absolute Gasteiger partial charge is 0.126 e. The Bertz CT molecular complexity index is 444. The molecule has 0 radical (unpaired) electrons. The van der Waals surface area contributed by atoms with Gasteiger partial charge in [-0.15, -0.1) is 0 Å². The van der Waals surface area contributed by atoms with Crippen LogP contribution >= 0.6 is 11.6 Å². The summed E-state index contributed by atoms with van der Waals surface area (Å²) in [6.45, 7) is 1.61. The van der Waals surface area contributed by atoms with E-state index >= 15 is 0 Å².